The van der Waals surface area contributed by atoms with Gasteiger partial charge in [-0.2, -0.15) is 0 Å². The van der Waals surface area contributed by atoms with Gasteiger partial charge in [-0.15, -0.1) is 0 Å². The number of rotatable bonds is 5. The molecule has 0 unspecified atom stereocenters. The Bertz CT molecular complexity index is 782. The molecule has 0 bridgehead atoms. The van der Waals surface area contributed by atoms with Crippen molar-refractivity contribution >= 4 is 29.5 Å². The van der Waals surface area contributed by atoms with Crippen LogP contribution < -0.4 is 10.6 Å². The first-order valence-corrected chi connectivity index (χ1v) is 9.45. The van der Waals surface area contributed by atoms with Crippen LogP contribution in [0.15, 0.2) is 24.3 Å². The third kappa shape index (κ3) is 4.32. The third-order valence-electron chi connectivity index (χ3n) is 5.36. The van der Waals surface area contributed by atoms with Crippen molar-refractivity contribution in [1.29, 1.82) is 0 Å². The summed E-state index contributed by atoms with van der Waals surface area (Å²) in [5, 5.41) is 5.36. The normalized spacial score (nSPS) is 24.2. The minimum absolute atomic E-state index is 0.384. The van der Waals surface area contributed by atoms with Gasteiger partial charge in [0.2, 0.25) is 0 Å². The van der Waals surface area contributed by atoms with Crippen molar-refractivity contribution in [2.45, 2.75) is 45.1 Å². The molecular formula is C20H25N3O5. The second-order valence-corrected chi connectivity index (χ2v) is 7.66. The van der Waals surface area contributed by atoms with Gasteiger partial charge >= 0.3 is 12.0 Å². The zero-order chi connectivity index (χ0) is 20.3. The molecule has 0 radical (unpaired) electrons. The van der Waals surface area contributed by atoms with Crippen LogP contribution in [-0.2, 0) is 19.1 Å². The summed E-state index contributed by atoms with van der Waals surface area (Å²) in [7, 11) is 0. The first-order valence-electron chi connectivity index (χ1n) is 9.45. The summed E-state index contributed by atoms with van der Waals surface area (Å²) in [4.78, 5) is 49.7. The lowest BCUT2D eigenvalue weighted by Crippen LogP contribution is -2.49. The first-order chi connectivity index (χ1) is 13.3. The molecule has 1 spiro atoms. The number of carbonyl (C=O) groups is 4. The second kappa shape index (κ2) is 8.00. The Balaban J connectivity index is 1.49. The first kappa shape index (κ1) is 19.9. The van der Waals surface area contributed by atoms with Crippen molar-refractivity contribution in [2.24, 2.45) is 5.92 Å². The standard InChI is InChI=1S/C20H25N3O5/c1-13-3-5-15(6-4-13)21-16(24)12-28-17(25)11-23-18(26)20(22-19(23)27)9-7-14(2)8-10-20/h3-6,14H,7-12H2,1-2H3,(H,21,24)(H,22,27). The number of ether oxygens (including phenoxy) is 1. The van der Waals surface area contributed by atoms with E-state index < -0.39 is 36.6 Å². The quantitative estimate of drug-likeness (QED) is 0.594. The Morgan fingerprint density at radius 1 is 1.21 bits per heavy atom. The molecule has 2 N–H and O–H groups in total. The number of urea groups is 1. The SMILES string of the molecule is Cc1ccc(NC(=O)COC(=O)CN2C(=O)NC3(CCC(C)CC3)C2=O)cc1. The number of esters is 1. The van der Waals surface area contributed by atoms with Gasteiger partial charge in [0.1, 0.15) is 12.1 Å². The molecule has 4 amide bonds. The smallest absolute Gasteiger partial charge is 0.326 e. The number of amides is 4. The maximum Gasteiger partial charge on any atom is 0.326 e. The van der Waals surface area contributed by atoms with Gasteiger partial charge in [-0.05, 0) is 50.7 Å². The minimum atomic E-state index is -0.896. The number of nitrogens with one attached hydrogen (secondary N) is 2. The van der Waals surface area contributed by atoms with Gasteiger partial charge in [-0.25, -0.2) is 4.79 Å². The number of anilines is 1. The predicted molar refractivity (Wildman–Crippen MR) is 101 cm³/mol. The summed E-state index contributed by atoms with van der Waals surface area (Å²) in [6.07, 6.45) is 2.85. The van der Waals surface area contributed by atoms with Crippen LogP contribution in [0.2, 0.25) is 0 Å². The van der Waals surface area contributed by atoms with Crippen molar-refractivity contribution in [2.75, 3.05) is 18.5 Å². The maximum atomic E-state index is 12.7. The largest absolute Gasteiger partial charge is 0.454 e. The number of hydrogen-bond acceptors (Lipinski definition) is 5. The maximum absolute atomic E-state index is 12.7. The van der Waals surface area contributed by atoms with Gasteiger partial charge in [-0.3, -0.25) is 19.3 Å². The van der Waals surface area contributed by atoms with Crippen LogP contribution in [0.1, 0.15) is 38.2 Å². The number of imide groups is 1. The Morgan fingerprint density at radius 2 is 1.86 bits per heavy atom. The molecule has 1 saturated heterocycles. The Kier molecular flexibility index (Phi) is 5.67. The summed E-state index contributed by atoms with van der Waals surface area (Å²) in [6, 6.07) is 6.60. The predicted octanol–water partition coefficient (Wildman–Crippen LogP) is 1.98. The van der Waals surface area contributed by atoms with Crippen LogP contribution in [-0.4, -0.2) is 47.4 Å². The molecule has 3 rings (SSSR count). The Morgan fingerprint density at radius 3 is 2.50 bits per heavy atom. The minimum Gasteiger partial charge on any atom is -0.454 e. The molecule has 0 atom stereocenters. The van der Waals surface area contributed by atoms with E-state index in [2.05, 4.69) is 17.6 Å². The van der Waals surface area contributed by atoms with E-state index in [9.17, 15) is 19.2 Å². The fourth-order valence-electron chi connectivity index (χ4n) is 3.57. The summed E-state index contributed by atoms with van der Waals surface area (Å²) in [5.74, 6) is -1.16. The van der Waals surface area contributed by atoms with Crippen molar-refractivity contribution in [3.8, 4) is 0 Å². The number of aryl methyl sites for hydroxylation is 1. The summed E-state index contributed by atoms with van der Waals surface area (Å²) < 4.78 is 4.93. The van der Waals surface area contributed by atoms with Crippen molar-refractivity contribution in [1.82, 2.24) is 10.2 Å². The summed E-state index contributed by atoms with van der Waals surface area (Å²) >= 11 is 0. The molecule has 150 valence electrons. The molecule has 8 nitrogen and oxygen atoms in total. The van der Waals surface area contributed by atoms with Crippen LogP contribution in [0.4, 0.5) is 10.5 Å². The molecule has 1 aromatic carbocycles. The molecule has 1 heterocycles. The topological polar surface area (TPSA) is 105 Å². The van der Waals surface area contributed by atoms with Gasteiger partial charge in [0, 0.05) is 5.69 Å². The molecular weight excluding hydrogens is 362 g/mol. The molecule has 8 heteroatoms. The fraction of sp³-hybridized carbons (Fsp3) is 0.500. The highest BCUT2D eigenvalue weighted by atomic mass is 16.5. The van der Waals surface area contributed by atoms with Gasteiger partial charge in [0.05, 0.1) is 0 Å². The van der Waals surface area contributed by atoms with E-state index in [1.165, 1.54) is 0 Å². The van der Waals surface area contributed by atoms with Crippen molar-refractivity contribution in [3.05, 3.63) is 29.8 Å². The molecule has 0 aromatic heterocycles. The van der Waals surface area contributed by atoms with Crippen molar-refractivity contribution in [3.63, 3.8) is 0 Å². The lowest BCUT2D eigenvalue weighted by Gasteiger charge is -2.33. The van der Waals surface area contributed by atoms with Gasteiger partial charge in [-0.1, -0.05) is 24.6 Å². The Labute approximate surface area is 163 Å². The van der Waals surface area contributed by atoms with E-state index >= 15 is 0 Å². The van der Waals surface area contributed by atoms with Crippen LogP contribution in [0.5, 0.6) is 0 Å². The lowest BCUT2D eigenvalue weighted by molar-refractivity contribution is -0.150. The second-order valence-electron chi connectivity index (χ2n) is 7.66. The Hall–Kier alpha value is -2.90. The van der Waals surface area contributed by atoms with Crippen LogP contribution in [0.25, 0.3) is 0 Å². The van der Waals surface area contributed by atoms with E-state index in [-0.39, 0.29) is 5.91 Å². The lowest BCUT2D eigenvalue weighted by atomic mass is 9.77. The van der Waals surface area contributed by atoms with Crippen molar-refractivity contribution < 1.29 is 23.9 Å². The molecule has 28 heavy (non-hydrogen) atoms. The zero-order valence-electron chi connectivity index (χ0n) is 16.1. The van der Waals surface area contributed by atoms with E-state index in [4.69, 9.17) is 4.74 Å². The van der Waals surface area contributed by atoms with Crippen LogP contribution in [0, 0.1) is 12.8 Å². The highest BCUT2D eigenvalue weighted by Gasteiger charge is 2.52. The molecule has 1 saturated carbocycles. The highest BCUT2D eigenvalue weighted by molar-refractivity contribution is 6.08. The fourth-order valence-corrected chi connectivity index (χ4v) is 3.57. The van der Waals surface area contributed by atoms with Gasteiger partial charge in [0.25, 0.3) is 11.8 Å². The number of hydrogen-bond donors (Lipinski definition) is 2. The van der Waals surface area contributed by atoms with Crippen LogP contribution in [0.3, 0.4) is 0 Å². The van der Waals surface area contributed by atoms with Crippen LogP contribution >= 0.6 is 0 Å². The average molecular weight is 387 g/mol. The van der Waals surface area contributed by atoms with Gasteiger partial charge in [0.15, 0.2) is 6.61 Å². The molecule has 1 aliphatic heterocycles. The average Bonchev–Trinajstić information content (AvgIpc) is 2.89. The van der Waals surface area contributed by atoms with E-state index in [0.717, 1.165) is 23.3 Å². The molecule has 2 aliphatic rings. The van der Waals surface area contributed by atoms with E-state index in [0.29, 0.717) is 24.4 Å². The number of nitrogens with zero attached hydrogens (tertiary/aromatic N) is 1. The highest BCUT2D eigenvalue weighted by Crippen LogP contribution is 2.36. The molecule has 1 aliphatic carbocycles. The summed E-state index contributed by atoms with van der Waals surface area (Å²) in [6.45, 7) is 3.06. The van der Waals surface area contributed by atoms with Gasteiger partial charge < -0.3 is 15.4 Å². The monoisotopic (exact) mass is 387 g/mol. The van der Waals surface area contributed by atoms with E-state index in [1.54, 1.807) is 12.1 Å². The molecule has 1 aromatic rings. The number of benzene rings is 1. The zero-order valence-corrected chi connectivity index (χ0v) is 16.1. The summed E-state index contributed by atoms with van der Waals surface area (Å²) in [5.41, 5.74) is 0.754. The third-order valence-corrected chi connectivity index (χ3v) is 5.36. The molecule has 2 fully saturated rings. The van der Waals surface area contributed by atoms with E-state index in [1.807, 2.05) is 19.1 Å². The number of carbonyl (C=O) groups excluding carboxylic acids is 4.